The van der Waals surface area contributed by atoms with Gasteiger partial charge in [-0.15, -0.1) is 0 Å². The number of hydrogen-bond acceptors (Lipinski definition) is 11. The van der Waals surface area contributed by atoms with Gasteiger partial charge in [-0.3, -0.25) is 25.0 Å². The number of fused-ring (bicyclic) bond motifs is 1. The highest BCUT2D eigenvalue weighted by molar-refractivity contribution is 6.40. The van der Waals surface area contributed by atoms with Gasteiger partial charge in [-0.2, -0.15) is 0 Å². The number of anilines is 2. The maximum atomic E-state index is 13.3. The molecule has 3 aromatic carbocycles. The van der Waals surface area contributed by atoms with E-state index in [0.29, 0.717) is 30.3 Å². The third kappa shape index (κ3) is 13.0. The zero-order valence-electron chi connectivity index (χ0n) is 32.2. The Morgan fingerprint density at radius 1 is 0.857 bits per heavy atom. The van der Waals surface area contributed by atoms with E-state index in [2.05, 4.69) is 26.3 Å². The molecule has 0 spiro atoms. The fourth-order valence-electron chi connectivity index (χ4n) is 5.25. The summed E-state index contributed by atoms with van der Waals surface area (Å²) in [5, 5.41) is 10.5. The van der Waals surface area contributed by atoms with Gasteiger partial charge < -0.3 is 34.5 Å². The predicted molar refractivity (Wildman–Crippen MR) is 214 cm³/mol. The summed E-state index contributed by atoms with van der Waals surface area (Å²) in [6.45, 7) is 10.8. The molecule has 4 amide bonds. The summed E-state index contributed by atoms with van der Waals surface area (Å²) >= 11 is 13.0. The minimum absolute atomic E-state index is 0.0211. The summed E-state index contributed by atoms with van der Waals surface area (Å²) in [4.78, 5) is 70.5. The first-order chi connectivity index (χ1) is 26.3. The van der Waals surface area contributed by atoms with Gasteiger partial charge in [0.1, 0.15) is 23.6 Å². The average molecular weight is 814 g/mol. The van der Waals surface area contributed by atoms with Crippen LogP contribution in [-0.4, -0.2) is 80.5 Å². The van der Waals surface area contributed by atoms with Gasteiger partial charge in [0, 0.05) is 19.5 Å². The third-order valence-electron chi connectivity index (χ3n) is 7.69. The summed E-state index contributed by atoms with van der Waals surface area (Å²) in [6, 6.07) is 17.6. The zero-order chi connectivity index (χ0) is 41.2. The van der Waals surface area contributed by atoms with E-state index >= 15 is 0 Å². The van der Waals surface area contributed by atoms with E-state index < -0.39 is 47.1 Å². The van der Waals surface area contributed by atoms with Gasteiger partial charge in [0.15, 0.2) is 5.92 Å². The maximum Gasteiger partial charge on any atom is 0.414 e. The normalized spacial score (nSPS) is 12.8. The average Bonchev–Trinajstić information content (AvgIpc) is 3.10. The van der Waals surface area contributed by atoms with Crippen LogP contribution in [0.3, 0.4) is 0 Å². The summed E-state index contributed by atoms with van der Waals surface area (Å²) in [7, 11) is 1.14. The van der Waals surface area contributed by atoms with Crippen LogP contribution in [0.2, 0.25) is 10.0 Å². The minimum atomic E-state index is -1.41. The van der Waals surface area contributed by atoms with E-state index in [9.17, 15) is 24.0 Å². The van der Waals surface area contributed by atoms with Gasteiger partial charge >= 0.3 is 18.2 Å². The van der Waals surface area contributed by atoms with Crippen molar-refractivity contribution in [3.05, 3.63) is 70.7 Å². The number of hydrogen-bond donors (Lipinski definition) is 4. The molecule has 4 rings (SSSR count). The number of guanidine groups is 1. The Morgan fingerprint density at radius 3 is 2.04 bits per heavy atom. The largest absolute Gasteiger partial charge is 0.490 e. The van der Waals surface area contributed by atoms with Crippen LogP contribution in [0.4, 0.5) is 26.7 Å². The van der Waals surface area contributed by atoms with Gasteiger partial charge in [0.05, 0.1) is 40.8 Å². The molecule has 56 heavy (non-hydrogen) atoms. The van der Waals surface area contributed by atoms with Crippen molar-refractivity contribution in [2.45, 2.75) is 59.2 Å². The van der Waals surface area contributed by atoms with Gasteiger partial charge in [0.25, 0.3) is 0 Å². The molecule has 0 fully saturated rings. The number of carbonyl (C=O) groups is 5. The van der Waals surface area contributed by atoms with E-state index in [1.165, 1.54) is 0 Å². The number of rotatable bonds is 10. The quantitative estimate of drug-likeness (QED) is 0.0556. The predicted octanol–water partition coefficient (Wildman–Crippen LogP) is 6.83. The first-order valence-electron chi connectivity index (χ1n) is 17.6. The number of carbonyl (C=O) groups excluding carboxylic acids is 5. The van der Waals surface area contributed by atoms with Gasteiger partial charge in [-0.05, 0) is 83.0 Å². The Hall–Kier alpha value is -5.54. The number of nitrogens with zero attached hydrogens (tertiary/aromatic N) is 2. The number of esters is 1. The molecule has 0 radical (unpaired) electrons. The number of halogens is 2. The van der Waals surface area contributed by atoms with Crippen LogP contribution < -0.4 is 30.9 Å². The number of ether oxygens (including phenoxy) is 4. The molecule has 1 atom stereocenters. The molecule has 1 aliphatic rings. The van der Waals surface area contributed by atoms with E-state index in [0.717, 1.165) is 18.2 Å². The monoisotopic (exact) mass is 812 g/mol. The van der Waals surface area contributed by atoms with Crippen LogP contribution in [0.15, 0.2) is 65.7 Å². The van der Waals surface area contributed by atoms with Crippen molar-refractivity contribution < 1.29 is 42.9 Å². The fourth-order valence-corrected chi connectivity index (χ4v) is 5.83. The molecule has 0 saturated heterocycles. The molecule has 0 aromatic heterocycles. The van der Waals surface area contributed by atoms with Crippen molar-refractivity contribution in [1.29, 1.82) is 0 Å². The molecule has 0 aliphatic carbocycles. The zero-order valence-corrected chi connectivity index (χ0v) is 33.7. The molecule has 0 unspecified atom stereocenters. The molecule has 300 valence electrons. The first-order valence-corrected chi connectivity index (χ1v) is 18.4. The van der Waals surface area contributed by atoms with Crippen molar-refractivity contribution in [2.24, 2.45) is 10.9 Å². The van der Waals surface area contributed by atoms with Crippen LogP contribution in [0.5, 0.6) is 5.75 Å². The third-order valence-corrected chi connectivity index (χ3v) is 8.29. The maximum absolute atomic E-state index is 13.3. The summed E-state index contributed by atoms with van der Waals surface area (Å²) in [6.07, 6.45) is -1.72. The highest BCUT2D eigenvalue weighted by Crippen LogP contribution is 2.37. The van der Waals surface area contributed by atoms with Crippen LogP contribution >= 0.6 is 23.2 Å². The SMILES string of the molecule is COC(=O)[C@@H](CNC(=O)CCN1CCOc2ccc(N=C(NC(=O)OC(C)(C)C)NC(=O)OC(C)(C)C)cc21)C(=O)Nc1c(Cl)cc(-c2ccccc2)cc1Cl. The number of nitrogens with one attached hydrogen (secondary N) is 4. The van der Waals surface area contributed by atoms with Crippen LogP contribution in [0.1, 0.15) is 48.0 Å². The van der Waals surface area contributed by atoms with Crippen molar-refractivity contribution >= 4 is 76.2 Å². The smallest absolute Gasteiger partial charge is 0.414 e. The molecule has 3 aromatic rings. The van der Waals surface area contributed by atoms with Gasteiger partial charge in [-0.1, -0.05) is 53.5 Å². The van der Waals surface area contributed by atoms with E-state index in [1.807, 2.05) is 35.2 Å². The Labute approximate surface area is 335 Å². The summed E-state index contributed by atoms with van der Waals surface area (Å²) in [5.41, 5.74) is 1.00. The molecule has 4 N–H and O–H groups in total. The Bertz CT molecular complexity index is 1910. The van der Waals surface area contributed by atoms with E-state index in [4.69, 9.17) is 42.1 Å². The van der Waals surface area contributed by atoms with Crippen LogP contribution in [-0.2, 0) is 28.6 Å². The van der Waals surface area contributed by atoms with Crippen molar-refractivity contribution in [3.63, 3.8) is 0 Å². The molecule has 17 heteroatoms. The van der Waals surface area contributed by atoms with Gasteiger partial charge in [-0.25, -0.2) is 14.6 Å². The number of amides is 4. The van der Waals surface area contributed by atoms with Crippen molar-refractivity contribution in [2.75, 3.05) is 43.6 Å². The van der Waals surface area contributed by atoms with Crippen molar-refractivity contribution in [1.82, 2.24) is 16.0 Å². The van der Waals surface area contributed by atoms with Crippen LogP contribution in [0, 0.1) is 5.92 Å². The second-order valence-electron chi connectivity index (χ2n) is 14.5. The molecular formula is C39H46Cl2N6O9. The molecule has 1 aliphatic heterocycles. The highest BCUT2D eigenvalue weighted by Gasteiger charge is 2.30. The minimum Gasteiger partial charge on any atom is -0.490 e. The second kappa shape index (κ2) is 18.9. The fraction of sp³-hybridized carbons (Fsp3) is 0.385. The molecule has 15 nitrogen and oxygen atoms in total. The lowest BCUT2D eigenvalue weighted by Crippen LogP contribution is -2.47. The van der Waals surface area contributed by atoms with Crippen molar-refractivity contribution in [3.8, 4) is 16.9 Å². The second-order valence-corrected chi connectivity index (χ2v) is 15.3. The molecular weight excluding hydrogens is 767 g/mol. The van der Waals surface area contributed by atoms with Gasteiger partial charge in [0.2, 0.25) is 17.8 Å². The number of benzene rings is 3. The number of methoxy groups -OCH3 is 1. The molecule has 1 heterocycles. The van der Waals surface area contributed by atoms with E-state index in [-0.39, 0.29) is 41.2 Å². The first kappa shape index (κ1) is 43.2. The lowest BCUT2D eigenvalue weighted by molar-refractivity contribution is -0.148. The Morgan fingerprint density at radius 2 is 1.46 bits per heavy atom. The Kier molecular flexibility index (Phi) is 14.6. The van der Waals surface area contributed by atoms with Crippen LogP contribution in [0.25, 0.3) is 11.1 Å². The highest BCUT2D eigenvalue weighted by atomic mass is 35.5. The lowest BCUT2D eigenvalue weighted by Gasteiger charge is -2.31. The standard InChI is InChI=1S/C39H46Cl2N6O9/c1-38(2,3)55-36(51)45-35(46-37(52)56-39(4,5)6)43-25-13-14-30-29(21-25)47(17-18-54-30)16-15-31(48)42-22-26(34(50)53-7)33(49)44-32-27(40)19-24(20-28(32)41)23-11-9-8-10-12-23/h8-14,19-21,26H,15-18,22H2,1-7H3,(H,42,48)(H,44,49)(H2,43,45,46,51,52)/t26-/m0/s1. The molecule has 0 saturated carbocycles. The number of alkyl carbamates (subject to hydrolysis) is 2. The number of aliphatic imine (C=N–C) groups is 1. The summed E-state index contributed by atoms with van der Waals surface area (Å²) in [5.74, 6) is -3.21. The Balaban J connectivity index is 1.43. The van der Waals surface area contributed by atoms with E-state index in [1.54, 1.807) is 71.9 Å². The topological polar surface area (TPSA) is 186 Å². The summed E-state index contributed by atoms with van der Waals surface area (Å²) < 4.78 is 21.3. The molecule has 0 bridgehead atoms. The lowest BCUT2D eigenvalue weighted by atomic mass is 10.0.